The third kappa shape index (κ3) is 5.19. The van der Waals surface area contributed by atoms with Gasteiger partial charge in [-0.25, -0.2) is 0 Å². The number of amidine groups is 2. The van der Waals surface area contributed by atoms with Crippen molar-refractivity contribution in [3.63, 3.8) is 0 Å². The Morgan fingerprint density at radius 3 is 2.28 bits per heavy atom. The molecule has 0 bridgehead atoms. The van der Waals surface area contributed by atoms with Crippen LogP contribution in [0.25, 0.3) is 6.08 Å². The first kappa shape index (κ1) is 23.8. The van der Waals surface area contributed by atoms with Gasteiger partial charge in [0.1, 0.15) is 29.8 Å². The lowest BCUT2D eigenvalue weighted by molar-refractivity contribution is -0.114. The summed E-state index contributed by atoms with van der Waals surface area (Å²) < 4.78 is 11.4. The Balaban J connectivity index is 1.23. The van der Waals surface area contributed by atoms with Gasteiger partial charge in [0.2, 0.25) is 5.17 Å². The largest absolute Gasteiger partial charge is 0.490 e. The maximum absolute atomic E-state index is 12.7. The minimum absolute atomic E-state index is 0.0341. The van der Waals surface area contributed by atoms with Gasteiger partial charge in [-0.15, -0.1) is 0 Å². The van der Waals surface area contributed by atoms with E-state index in [1.165, 1.54) is 22.3 Å². The van der Waals surface area contributed by atoms with E-state index in [9.17, 15) is 4.79 Å². The summed E-state index contributed by atoms with van der Waals surface area (Å²) in [6.45, 7) is 2.85. The molecule has 0 atom stereocenters. The average Bonchev–Trinajstić information content (AvgIpc) is 3.30. The number of carbonyl (C=O) groups excluding carboxylic acids is 1. The second-order valence-electron chi connectivity index (χ2n) is 7.98. The molecule has 3 aromatic rings. The molecule has 0 spiro atoms. The van der Waals surface area contributed by atoms with E-state index in [1.807, 2.05) is 73.7 Å². The van der Waals surface area contributed by atoms with Gasteiger partial charge in [-0.2, -0.15) is 15.1 Å². The zero-order chi connectivity index (χ0) is 25.1. The molecule has 0 aliphatic carbocycles. The van der Waals surface area contributed by atoms with E-state index in [0.717, 1.165) is 16.9 Å². The summed E-state index contributed by atoms with van der Waals surface area (Å²) in [5.74, 6) is 0.965. The van der Waals surface area contributed by atoms with Crippen molar-refractivity contribution >= 4 is 51.4 Å². The Morgan fingerprint density at radius 1 is 0.972 bits per heavy atom. The molecule has 0 unspecified atom stereocenters. The van der Waals surface area contributed by atoms with Crippen molar-refractivity contribution in [2.75, 3.05) is 13.2 Å². The third-order valence-electron chi connectivity index (χ3n) is 5.39. The number of carbonyl (C=O) groups is 1. The Labute approximate surface area is 217 Å². The minimum atomic E-state index is -0.483. The van der Waals surface area contributed by atoms with Gasteiger partial charge in [-0.3, -0.25) is 10.2 Å². The summed E-state index contributed by atoms with van der Waals surface area (Å²) in [5, 5.41) is 15.9. The number of aliphatic imine (C=N–C) groups is 1. The van der Waals surface area contributed by atoms with Gasteiger partial charge in [0.05, 0.1) is 10.6 Å². The monoisotopic (exact) mass is 516 g/mol. The number of nitrogens with zero attached hydrogens (tertiary/aromatic N) is 3. The van der Waals surface area contributed by atoms with Crippen LogP contribution in [-0.4, -0.2) is 40.2 Å². The van der Waals surface area contributed by atoms with Crippen LogP contribution in [0.3, 0.4) is 0 Å². The highest BCUT2D eigenvalue weighted by Crippen LogP contribution is 2.33. The van der Waals surface area contributed by atoms with Gasteiger partial charge in [-0.1, -0.05) is 59.6 Å². The lowest BCUT2D eigenvalue weighted by atomic mass is 10.1. The van der Waals surface area contributed by atoms with Crippen LogP contribution in [0.15, 0.2) is 88.5 Å². The van der Waals surface area contributed by atoms with Gasteiger partial charge in [0.25, 0.3) is 5.91 Å². The highest BCUT2D eigenvalue weighted by Gasteiger charge is 2.36. The summed E-state index contributed by atoms with van der Waals surface area (Å²) in [4.78, 5) is 16.8. The van der Waals surface area contributed by atoms with E-state index in [1.54, 1.807) is 12.1 Å². The van der Waals surface area contributed by atoms with Crippen LogP contribution >= 0.6 is 23.4 Å². The Morgan fingerprint density at radius 2 is 1.61 bits per heavy atom. The van der Waals surface area contributed by atoms with Crippen molar-refractivity contribution in [3.8, 4) is 11.5 Å². The number of thioether (sulfide) groups is 1. The molecule has 2 aliphatic rings. The molecular weight excluding hydrogens is 496 g/mol. The molecule has 0 saturated heterocycles. The minimum Gasteiger partial charge on any atom is -0.490 e. The van der Waals surface area contributed by atoms with Crippen molar-refractivity contribution < 1.29 is 14.3 Å². The summed E-state index contributed by atoms with van der Waals surface area (Å²) in [7, 11) is 0. The molecule has 1 N–H and O–H groups in total. The average molecular weight is 517 g/mol. The van der Waals surface area contributed by atoms with E-state index < -0.39 is 5.91 Å². The van der Waals surface area contributed by atoms with E-state index in [2.05, 4.69) is 10.1 Å². The number of benzene rings is 3. The molecule has 0 aromatic heterocycles. The standard InChI is InChI=1S/C27H21ClN4O3S/c1-17-6-10-19(11-7-17)34-14-15-35-20-12-8-18(9-13-20)16-22-24(29)32-27(30-25(22)33)36-26(31-32)21-4-2-3-5-23(21)28/h2-13,16,29H,14-15H2,1H3/b22-16+,29-24?. The van der Waals surface area contributed by atoms with Crippen molar-refractivity contribution in [3.05, 3.63) is 100 Å². The van der Waals surface area contributed by atoms with Crippen molar-refractivity contribution in [1.82, 2.24) is 5.01 Å². The predicted molar refractivity (Wildman–Crippen MR) is 144 cm³/mol. The van der Waals surface area contributed by atoms with Crippen molar-refractivity contribution in [2.45, 2.75) is 6.92 Å². The zero-order valence-corrected chi connectivity index (χ0v) is 20.8. The molecule has 3 aromatic carbocycles. The Hall–Kier alpha value is -3.88. The van der Waals surface area contributed by atoms with E-state index in [0.29, 0.717) is 34.2 Å². The highest BCUT2D eigenvalue weighted by molar-refractivity contribution is 8.27. The number of amides is 1. The molecule has 36 heavy (non-hydrogen) atoms. The smallest absolute Gasteiger partial charge is 0.283 e. The number of ether oxygens (including phenoxy) is 2. The molecule has 180 valence electrons. The SMILES string of the molecule is Cc1ccc(OCCOc2ccc(/C=C3\C(=N)N4N=C(c5ccccc5Cl)SC4=NC3=O)cc2)cc1. The fourth-order valence-electron chi connectivity index (χ4n) is 3.52. The second-order valence-corrected chi connectivity index (χ2v) is 9.35. The number of hydrogen-bond donors (Lipinski definition) is 1. The van der Waals surface area contributed by atoms with Crippen molar-refractivity contribution in [2.24, 2.45) is 10.1 Å². The first-order chi connectivity index (χ1) is 17.5. The molecule has 0 radical (unpaired) electrons. The molecule has 1 amide bonds. The van der Waals surface area contributed by atoms with Crippen LogP contribution in [0.4, 0.5) is 0 Å². The number of halogens is 1. The molecule has 2 heterocycles. The van der Waals surface area contributed by atoms with Gasteiger partial charge in [0.15, 0.2) is 5.84 Å². The van der Waals surface area contributed by atoms with Crippen LogP contribution in [0.5, 0.6) is 11.5 Å². The number of hydrogen-bond acceptors (Lipinski definition) is 6. The van der Waals surface area contributed by atoms with Crippen molar-refractivity contribution in [1.29, 1.82) is 5.41 Å². The molecule has 5 rings (SSSR count). The first-order valence-electron chi connectivity index (χ1n) is 11.2. The fourth-order valence-corrected chi connectivity index (χ4v) is 4.73. The summed E-state index contributed by atoms with van der Waals surface area (Å²) in [5.41, 5.74) is 2.81. The van der Waals surface area contributed by atoms with Crippen LogP contribution in [0.2, 0.25) is 5.02 Å². The number of hydrazone groups is 1. The molecule has 0 saturated carbocycles. The molecule has 2 aliphatic heterocycles. The number of nitrogens with one attached hydrogen (secondary N) is 1. The summed E-state index contributed by atoms with van der Waals surface area (Å²) in [6, 6.07) is 22.4. The second kappa shape index (κ2) is 10.4. The van der Waals surface area contributed by atoms with E-state index in [-0.39, 0.29) is 11.4 Å². The quantitative estimate of drug-likeness (QED) is 0.318. The van der Waals surface area contributed by atoms with Gasteiger partial charge in [0, 0.05) is 5.56 Å². The lowest BCUT2D eigenvalue weighted by Crippen LogP contribution is -2.35. The van der Waals surface area contributed by atoms with Gasteiger partial charge in [-0.05, 0) is 60.7 Å². The van der Waals surface area contributed by atoms with Crippen LogP contribution < -0.4 is 9.47 Å². The summed E-state index contributed by atoms with van der Waals surface area (Å²) in [6.07, 6.45) is 1.63. The maximum atomic E-state index is 12.7. The number of fused-ring (bicyclic) bond motifs is 1. The Kier molecular flexibility index (Phi) is 6.88. The maximum Gasteiger partial charge on any atom is 0.283 e. The van der Waals surface area contributed by atoms with Crippen LogP contribution in [-0.2, 0) is 4.79 Å². The third-order valence-corrected chi connectivity index (χ3v) is 6.66. The molecule has 7 nitrogen and oxygen atoms in total. The Bertz CT molecular complexity index is 1420. The first-order valence-corrected chi connectivity index (χ1v) is 12.3. The van der Waals surface area contributed by atoms with Gasteiger partial charge < -0.3 is 9.47 Å². The van der Waals surface area contributed by atoms with E-state index >= 15 is 0 Å². The van der Waals surface area contributed by atoms with E-state index in [4.69, 9.17) is 26.5 Å². The molecule has 0 fully saturated rings. The normalized spacial score (nSPS) is 16.1. The predicted octanol–water partition coefficient (Wildman–Crippen LogP) is 5.77. The molecule has 9 heteroatoms. The topological polar surface area (TPSA) is 87.3 Å². The van der Waals surface area contributed by atoms with Crippen LogP contribution in [0, 0.1) is 12.3 Å². The van der Waals surface area contributed by atoms with Crippen LogP contribution in [0.1, 0.15) is 16.7 Å². The number of rotatable bonds is 7. The fraction of sp³-hybridized carbons (Fsp3) is 0.111. The molecular formula is C27H21ClN4O3S. The lowest BCUT2D eigenvalue weighted by Gasteiger charge is -2.20. The zero-order valence-electron chi connectivity index (χ0n) is 19.3. The highest BCUT2D eigenvalue weighted by atomic mass is 35.5. The number of aryl methyl sites for hydroxylation is 1. The van der Waals surface area contributed by atoms with Gasteiger partial charge >= 0.3 is 0 Å². The summed E-state index contributed by atoms with van der Waals surface area (Å²) >= 11 is 7.50.